The predicted octanol–water partition coefficient (Wildman–Crippen LogP) is 1.08. The molecular weight excluding hydrogens is 176 g/mol. The number of hydrogen-bond donors (Lipinski definition) is 2. The van der Waals surface area contributed by atoms with Gasteiger partial charge in [0, 0.05) is 6.20 Å². The molecule has 0 unspecified atom stereocenters. The molecule has 0 atom stereocenters. The molecule has 1 heterocycles. The number of aromatic carboxylic acids is 1. The van der Waals surface area contributed by atoms with E-state index in [4.69, 9.17) is 10.8 Å². The second kappa shape index (κ2) is 3.44. The van der Waals surface area contributed by atoms with Gasteiger partial charge in [-0.3, -0.25) is 0 Å². The largest absolute Gasteiger partial charge is 0.478 e. The minimum absolute atomic E-state index is 0.106. The predicted molar refractivity (Wildman–Crippen MR) is 47.4 cm³/mol. The third-order valence-electron chi connectivity index (χ3n) is 1.38. The minimum atomic E-state index is -1.02. The van der Waals surface area contributed by atoms with Gasteiger partial charge in [0.1, 0.15) is 5.03 Å². The van der Waals surface area contributed by atoms with Crippen molar-refractivity contribution in [3.63, 3.8) is 0 Å². The van der Waals surface area contributed by atoms with Crippen LogP contribution in [0.3, 0.4) is 0 Å². The Morgan fingerprint density at radius 1 is 1.75 bits per heavy atom. The van der Waals surface area contributed by atoms with Crippen LogP contribution in [0.4, 0.5) is 5.69 Å². The Morgan fingerprint density at radius 3 is 2.92 bits per heavy atom. The highest BCUT2D eigenvalue weighted by molar-refractivity contribution is 7.98. The van der Waals surface area contributed by atoms with E-state index in [9.17, 15) is 4.79 Å². The molecule has 0 saturated heterocycles. The van der Waals surface area contributed by atoms with Crippen LogP contribution in [-0.4, -0.2) is 22.3 Å². The van der Waals surface area contributed by atoms with Crippen LogP contribution in [0.2, 0.25) is 0 Å². The monoisotopic (exact) mass is 184 g/mol. The van der Waals surface area contributed by atoms with Gasteiger partial charge in [0.05, 0.1) is 11.3 Å². The Kier molecular flexibility index (Phi) is 2.54. The number of nitrogens with zero attached hydrogens (tertiary/aromatic N) is 1. The summed E-state index contributed by atoms with van der Waals surface area (Å²) in [5.74, 6) is -1.02. The summed E-state index contributed by atoms with van der Waals surface area (Å²) < 4.78 is 0. The first-order chi connectivity index (χ1) is 5.66. The van der Waals surface area contributed by atoms with E-state index in [2.05, 4.69) is 4.98 Å². The number of pyridine rings is 1. The number of anilines is 1. The molecule has 0 amide bonds. The summed E-state index contributed by atoms with van der Waals surface area (Å²) in [6, 6.07) is 1.39. The molecule has 0 radical (unpaired) electrons. The molecule has 1 aromatic rings. The lowest BCUT2D eigenvalue weighted by Gasteiger charge is -2.03. The van der Waals surface area contributed by atoms with Gasteiger partial charge in [-0.15, -0.1) is 11.8 Å². The summed E-state index contributed by atoms with van der Waals surface area (Å²) in [6.45, 7) is 0. The zero-order valence-corrected chi connectivity index (χ0v) is 7.26. The number of carboxylic acids is 1. The lowest BCUT2D eigenvalue weighted by molar-refractivity contribution is 0.0697. The summed E-state index contributed by atoms with van der Waals surface area (Å²) >= 11 is 1.33. The van der Waals surface area contributed by atoms with Crippen LogP contribution in [0, 0.1) is 0 Å². The van der Waals surface area contributed by atoms with Crippen LogP contribution in [0.5, 0.6) is 0 Å². The molecule has 1 rings (SSSR count). The molecule has 12 heavy (non-hydrogen) atoms. The number of thioether (sulfide) groups is 1. The normalized spacial score (nSPS) is 9.75. The Morgan fingerprint density at radius 2 is 2.42 bits per heavy atom. The van der Waals surface area contributed by atoms with Crippen molar-refractivity contribution in [3.8, 4) is 0 Å². The first-order valence-electron chi connectivity index (χ1n) is 3.18. The summed E-state index contributed by atoms with van der Waals surface area (Å²) in [5, 5.41) is 9.22. The molecule has 0 aliphatic carbocycles. The molecule has 4 nitrogen and oxygen atoms in total. The third kappa shape index (κ3) is 1.50. The second-order valence-electron chi connectivity index (χ2n) is 2.09. The number of rotatable bonds is 2. The fourth-order valence-electron chi connectivity index (χ4n) is 0.803. The Bertz CT molecular complexity index is 314. The highest BCUT2D eigenvalue weighted by Gasteiger charge is 2.10. The lowest BCUT2D eigenvalue weighted by Crippen LogP contribution is -2.04. The molecule has 64 valence electrons. The highest BCUT2D eigenvalue weighted by atomic mass is 32.2. The van der Waals surface area contributed by atoms with E-state index >= 15 is 0 Å². The van der Waals surface area contributed by atoms with Crippen molar-refractivity contribution in [2.75, 3.05) is 12.0 Å². The summed E-state index contributed by atoms with van der Waals surface area (Å²) in [6.07, 6.45) is 3.23. The number of carbonyl (C=O) groups is 1. The molecule has 5 heteroatoms. The molecule has 0 aliphatic rings. The molecule has 0 fully saturated rings. The zero-order chi connectivity index (χ0) is 9.14. The van der Waals surface area contributed by atoms with Gasteiger partial charge < -0.3 is 10.8 Å². The van der Waals surface area contributed by atoms with E-state index in [0.717, 1.165) is 0 Å². The molecule has 0 spiro atoms. The molecular formula is C7H8N2O2S. The maximum absolute atomic E-state index is 10.6. The van der Waals surface area contributed by atoms with Gasteiger partial charge in [0.25, 0.3) is 0 Å². The van der Waals surface area contributed by atoms with Crippen molar-refractivity contribution in [1.82, 2.24) is 4.98 Å². The fourth-order valence-corrected chi connectivity index (χ4v) is 1.30. The molecule has 1 aromatic heterocycles. The number of hydrogen-bond acceptors (Lipinski definition) is 4. The second-order valence-corrected chi connectivity index (χ2v) is 2.88. The van der Waals surface area contributed by atoms with Crippen molar-refractivity contribution >= 4 is 23.4 Å². The standard InChI is InChI=1S/C7H8N2O2S/c1-12-6-5(8)4(7(10)11)2-3-9-6/h2-3H,8H2,1H3,(H,10,11). The van der Waals surface area contributed by atoms with Crippen LogP contribution in [0.25, 0.3) is 0 Å². The van der Waals surface area contributed by atoms with E-state index in [1.807, 2.05) is 0 Å². The van der Waals surface area contributed by atoms with Gasteiger partial charge in [0.15, 0.2) is 0 Å². The van der Waals surface area contributed by atoms with Gasteiger partial charge in [-0.2, -0.15) is 0 Å². The summed E-state index contributed by atoms with van der Waals surface area (Å²) in [7, 11) is 0. The quantitative estimate of drug-likeness (QED) is 0.673. The van der Waals surface area contributed by atoms with Gasteiger partial charge in [-0.1, -0.05) is 0 Å². The average molecular weight is 184 g/mol. The minimum Gasteiger partial charge on any atom is -0.478 e. The first kappa shape index (κ1) is 8.86. The van der Waals surface area contributed by atoms with Crippen molar-refractivity contribution in [1.29, 1.82) is 0 Å². The Labute approximate surface area is 73.8 Å². The molecule has 0 bridgehead atoms. The van der Waals surface area contributed by atoms with Crippen molar-refractivity contribution in [3.05, 3.63) is 17.8 Å². The lowest BCUT2D eigenvalue weighted by atomic mass is 10.2. The van der Waals surface area contributed by atoms with Gasteiger partial charge in [-0.05, 0) is 12.3 Å². The van der Waals surface area contributed by atoms with Crippen molar-refractivity contribution in [2.45, 2.75) is 5.03 Å². The van der Waals surface area contributed by atoms with Crippen LogP contribution >= 0.6 is 11.8 Å². The Hall–Kier alpha value is -1.23. The van der Waals surface area contributed by atoms with Crippen LogP contribution in [0.15, 0.2) is 17.3 Å². The van der Waals surface area contributed by atoms with E-state index in [1.54, 1.807) is 6.26 Å². The topological polar surface area (TPSA) is 76.2 Å². The maximum Gasteiger partial charge on any atom is 0.337 e. The molecule has 3 N–H and O–H groups in total. The zero-order valence-electron chi connectivity index (χ0n) is 6.44. The Balaban J connectivity index is 3.23. The van der Waals surface area contributed by atoms with Crippen molar-refractivity contribution < 1.29 is 9.90 Å². The van der Waals surface area contributed by atoms with Gasteiger partial charge >= 0.3 is 5.97 Å². The maximum atomic E-state index is 10.6. The van der Waals surface area contributed by atoms with Crippen LogP contribution in [0.1, 0.15) is 10.4 Å². The van der Waals surface area contributed by atoms with Crippen LogP contribution < -0.4 is 5.73 Å². The van der Waals surface area contributed by atoms with E-state index in [-0.39, 0.29) is 11.3 Å². The first-order valence-corrected chi connectivity index (χ1v) is 4.41. The van der Waals surface area contributed by atoms with Crippen molar-refractivity contribution in [2.24, 2.45) is 0 Å². The molecule has 0 aromatic carbocycles. The summed E-state index contributed by atoms with van der Waals surface area (Å²) in [5.41, 5.74) is 5.87. The van der Waals surface area contributed by atoms with E-state index in [0.29, 0.717) is 5.03 Å². The van der Waals surface area contributed by atoms with Crippen LogP contribution in [-0.2, 0) is 0 Å². The van der Waals surface area contributed by atoms with E-state index < -0.39 is 5.97 Å². The van der Waals surface area contributed by atoms with E-state index in [1.165, 1.54) is 24.0 Å². The van der Waals surface area contributed by atoms with Gasteiger partial charge in [0.2, 0.25) is 0 Å². The SMILES string of the molecule is CSc1nccc(C(=O)O)c1N. The fraction of sp³-hybridized carbons (Fsp3) is 0.143. The molecule has 0 saturated carbocycles. The highest BCUT2D eigenvalue weighted by Crippen LogP contribution is 2.22. The smallest absolute Gasteiger partial charge is 0.337 e. The number of nitrogens with two attached hydrogens (primary N) is 1. The number of nitrogen functional groups attached to an aromatic ring is 1. The summed E-state index contributed by atoms with van der Waals surface area (Å²) in [4.78, 5) is 14.5. The van der Waals surface area contributed by atoms with Gasteiger partial charge in [-0.25, -0.2) is 9.78 Å². The number of carboxylic acid groups (broad SMARTS) is 1. The molecule has 0 aliphatic heterocycles. The number of aromatic nitrogens is 1. The average Bonchev–Trinajstić information content (AvgIpc) is 2.04. The third-order valence-corrected chi connectivity index (χ3v) is 2.09.